The van der Waals surface area contributed by atoms with Gasteiger partial charge in [-0.2, -0.15) is 0 Å². The fraction of sp³-hybridized carbons (Fsp3) is 0. The van der Waals surface area contributed by atoms with Gasteiger partial charge >= 0.3 is 0 Å². The summed E-state index contributed by atoms with van der Waals surface area (Å²) in [4.78, 5) is 22.6. The Morgan fingerprint density at radius 2 is 1.69 bits per heavy atom. The Kier molecular flexibility index (Phi) is 1.88. The topological polar surface area (TPSA) is 34.1 Å². The standard InChI is InChI=1S/C10H5BrO2/c11-8-5-6-3-1-2-4-7(6)9(12)10(8)13/h1-5H. The SMILES string of the molecule is O=C1C(=O)c2ccccc2C=C1Br. The number of allylic oxidation sites excluding steroid dienone is 1. The Hall–Kier alpha value is -1.22. The molecule has 0 heterocycles. The Labute approximate surface area is 83.4 Å². The zero-order valence-corrected chi connectivity index (χ0v) is 8.17. The zero-order valence-electron chi connectivity index (χ0n) is 6.58. The molecule has 0 spiro atoms. The first-order chi connectivity index (χ1) is 6.20. The zero-order chi connectivity index (χ0) is 9.42. The van der Waals surface area contributed by atoms with E-state index in [9.17, 15) is 9.59 Å². The molecule has 3 heteroatoms. The van der Waals surface area contributed by atoms with Gasteiger partial charge in [0, 0.05) is 5.56 Å². The lowest BCUT2D eigenvalue weighted by Crippen LogP contribution is -2.18. The summed E-state index contributed by atoms with van der Waals surface area (Å²) < 4.78 is 0.330. The van der Waals surface area contributed by atoms with Crippen LogP contribution in [-0.4, -0.2) is 11.6 Å². The molecule has 0 atom stereocenters. The molecule has 13 heavy (non-hydrogen) atoms. The van der Waals surface area contributed by atoms with Crippen LogP contribution in [0.3, 0.4) is 0 Å². The largest absolute Gasteiger partial charge is 0.285 e. The Morgan fingerprint density at radius 1 is 1.00 bits per heavy atom. The lowest BCUT2D eigenvalue weighted by molar-refractivity contribution is -0.111. The van der Waals surface area contributed by atoms with Crippen LogP contribution in [0.15, 0.2) is 28.7 Å². The van der Waals surface area contributed by atoms with E-state index in [4.69, 9.17) is 0 Å². The molecule has 1 aliphatic carbocycles. The fourth-order valence-corrected chi connectivity index (χ4v) is 1.69. The Balaban J connectivity index is 2.70. The minimum atomic E-state index is -0.473. The van der Waals surface area contributed by atoms with Gasteiger partial charge in [-0.25, -0.2) is 0 Å². The van der Waals surface area contributed by atoms with Crippen molar-refractivity contribution < 1.29 is 9.59 Å². The van der Waals surface area contributed by atoms with Crippen molar-refractivity contribution in [3.05, 3.63) is 39.9 Å². The number of fused-ring (bicyclic) bond motifs is 1. The monoisotopic (exact) mass is 236 g/mol. The number of carbonyl (C=O) groups excluding carboxylic acids is 2. The molecule has 0 unspecified atom stereocenters. The van der Waals surface area contributed by atoms with Crippen molar-refractivity contribution in [2.75, 3.05) is 0 Å². The summed E-state index contributed by atoms with van der Waals surface area (Å²) in [5, 5.41) is 0. The van der Waals surface area contributed by atoms with Crippen molar-refractivity contribution in [2.24, 2.45) is 0 Å². The van der Waals surface area contributed by atoms with Crippen LogP contribution in [0.4, 0.5) is 0 Å². The molecule has 1 aromatic carbocycles. The average Bonchev–Trinajstić information content (AvgIpc) is 2.15. The van der Waals surface area contributed by atoms with Crippen molar-refractivity contribution in [1.29, 1.82) is 0 Å². The number of hydrogen-bond acceptors (Lipinski definition) is 2. The van der Waals surface area contributed by atoms with Gasteiger partial charge in [-0.15, -0.1) is 0 Å². The van der Waals surface area contributed by atoms with E-state index in [1.165, 1.54) is 0 Å². The highest BCUT2D eigenvalue weighted by molar-refractivity contribution is 9.12. The van der Waals surface area contributed by atoms with Crippen LogP contribution in [0.25, 0.3) is 6.08 Å². The second-order valence-electron chi connectivity index (χ2n) is 2.74. The molecular formula is C10H5BrO2. The highest BCUT2D eigenvalue weighted by Gasteiger charge is 2.25. The van der Waals surface area contributed by atoms with Gasteiger partial charge in [0.1, 0.15) is 0 Å². The molecule has 0 N–H and O–H groups in total. The molecule has 2 rings (SSSR count). The number of ketones is 2. The maximum atomic E-state index is 11.4. The third kappa shape index (κ3) is 1.25. The third-order valence-electron chi connectivity index (χ3n) is 1.91. The second-order valence-corrected chi connectivity index (χ2v) is 3.59. The van der Waals surface area contributed by atoms with Crippen molar-refractivity contribution in [1.82, 2.24) is 0 Å². The van der Waals surface area contributed by atoms with Crippen molar-refractivity contribution in [3.63, 3.8) is 0 Å². The summed E-state index contributed by atoms with van der Waals surface area (Å²) in [6, 6.07) is 7.04. The average molecular weight is 237 g/mol. The maximum absolute atomic E-state index is 11.4. The number of benzene rings is 1. The molecule has 0 saturated heterocycles. The summed E-state index contributed by atoms with van der Waals surface area (Å²) >= 11 is 3.05. The number of carbonyl (C=O) groups is 2. The first kappa shape index (κ1) is 8.38. The van der Waals surface area contributed by atoms with Gasteiger partial charge < -0.3 is 0 Å². The molecule has 0 aliphatic heterocycles. The van der Waals surface area contributed by atoms with E-state index >= 15 is 0 Å². The van der Waals surface area contributed by atoms with Crippen LogP contribution in [0.5, 0.6) is 0 Å². The van der Waals surface area contributed by atoms with E-state index in [0.29, 0.717) is 10.0 Å². The van der Waals surface area contributed by atoms with Gasteiger partial charge in [0.2, 0.25) is 11.6 Å². The van der Waals surface area contributed by atoms with Crippen LogP contribution in [0.1, 0.15) is 15.9 Å². The Bertz CT molecular complexity index is 432. The first-order valence-corrected chi connectivity index (χ1v) is 4.54. The molecule has 0 saturated carbocycles. The van der Waals surface area contributed by atoms with E-state index < -0.39 is 11.6 Å². The van der Waals surface area contributed by atoms with Crippen molar-refractivity contribution in [2.45, 2.75) is 0 Å². The molecule has 64 valence electrons. The van der Waals surface area contributed by atoms with Crippen LogP contribution in [-0.2, 0) is 4.79 Å². The van der Waals surface area contributed by atoms with Crippen LogP contribution in [0.2, 0.25) is 0 Å². The minimum absolute atomic E-state index is 0.330. The lowest BCUT2D eigenvalue weighted by Gasteiger charge is -2.09. The molecule has 1 aromatic rings. The molecular weight excluding hydrogens is 232 g/mol. The Morgan fingerprint density at radius 3 is 2.46 bits per heavy atom. The molecule has 0 aromatic heterocycles. The predicted molar refractivity (Wildman–Crippen MR) is 52.7 cm³/mol. The molecule has 0 radical (unpaired) electrons. The highest BCUT2D eigenvalue weighted by atomic mass is 79.9. The van der Waals surface area contributed by atoms with E-state index in [2.05, 4.69) is 15.9 Å². The van der Waals surface area contributed by atoms with Gasteiger partial charge in [-0.1, -0.05) is 24.3 Å². The van der Waals surface area contributed by atoms with E-state index in [1.54, 1.807) is 24.3 Å². The molecule has 2 nitrogen and oxygen atoms in total. The van der Waals surface area contributed by atoms with E-state index in [1.807, 2.05) is 6.07 Å². The van der Waals surface area contributed by atoms with E-state index in [-0.39, 0.29) is 0 Å². The smallest absolute Gasteiger partial charge is 0.240 e. The first-order valence-electron chi connectivity index (χ1n) is 3.75. The van der Waals surface area contributed by atoms with Crippen molar-refractivity contribution >= 4 is 33.6 Å². The van der Waals surface area contributed by atoms with Gasteiger partial charge in [0.25, 0.3) is 0 Å². The summed E-state index contributed by atoms with van der Waals surface area (Å²) in [5.74, 6) is -0.913. The van der Waals surface area contributed by atoms with Crippen molar-refractivity contribution in [3.8, 4) is 0 Å². The van der Waals surface area contributed by atoms with Gasteiger partial charge in [0.05, 0.1) is 4.48 Å². The lowest BCUT2D eigenvalue weighted by atomic mass is 9.96. The van der Waals surface area contributed by atoms with Gasteiger partial charge in [0.15, 0.2) is 0 Å². The number of rotatable bonds is 0. The normalized spacial score (nSPS) is 15.3. The van der Waals surface area contributed by atoms with Gasteiger partial charge in [-0.05, 0) is 27.6 Å². The van der Waals surface area contributed by atoms with Gasteiger partial charge in [-0.3, -0.25) is 9.59 Å². The fourth-order valence-electron chi connectivity index (χ4n) is 1.26. The molecule has 0 bridgehead atoms. The molecule has 0 amide bonds. The minimum Gasteiger partial charge on any atom is -0.285 e. The van der Waals surface area contributed by atoms with Crippen LogP contribution >= 0.6 is 15.9 Å². The second kappa shape index (κ2) is 2.92. The highest BCUT2D eigenvalue weighted by Crippen LogP contribution is 2.24. The summed E-state index contributed by atoms with van der Waals surface area (Å²) in [6.45, 7) is 0. The molecule has 1 aliphatic rings. The summed E-state index contributed by atoms with van der Waals surface area (Å²) in [6.07, 6.45) is 1.67. The van der Waals surface area contributed by atoms with E-state index in [0.717, 1.165) is 5.56 Å². The number of halogens is 1. The van der Waals surface area contributed by atoms with Crippen LogP contribution in [0, 0.1) is 0 Å². The quantitative estimate of drug-likeness (QED) is 0.648. The number of hydrogen-bond donors (Lipinski definition) is 0. The third-order valence-corrected chi connectivity index (χ3v) is 2.50. The molecule has 0 fully saturated rings. The maximum Gasteiger partial charge on any atom is 0.240 e. The predicted octanol–water partition coefficient (Wildman–Crippen LogP) is 2.19. The number of Topliss-reactive ketones (excluding diaryl/α,β-unsaturated/α-hetero) is 2. The summed E-state index contributed by atoms with van der Waals surface area (Å²) in [7, 11) is 0. The summed E-state index contributed by atoms with van der Waals surface area (Å²) in [5.41, 5.74) is 1.27. The van der Waals surface area contributed by atoms with Crippen LogP contribution < -0.4 is 0 Å².